The molecule has 2 N–H and O–H groups in total. The molecule has 0 saturated heterocycles. The molecule has 0 spiro atoms. The van der Waals surface area contributed by atoms with Gasteiger partial charge in [-0.25, -0.2) is 9.59 Å². The van der Waals surface area contributed by atoms with Gasteiger partial charge in [-0.1, -0.05) is 0 Å². The number of carboxylic acid groups (broad SMARTS) is 1. The Bertz CT molecular complexity index is 786. The number of hydrogen-bond acceptors (Lipinski definition) is 8. The van der Waals surface area contributed by atoms with E-state index in [1.807, 2.05) is 0 Å². The fourth-order valence-corrected chi connectivity index (χ4v) is 1.84. The first-order valence-electron chi connectivity index (χ1n) is 6.65. The van der Waals surface area contributed by atoms with Crippen LogP contribution in [0.4, 0.5) is 5.69 Å². The number of non-ortho nitro benzene ring substituents is 1. The molecule has 126 valence electrons. The molecule has 0 unspecified atom stereocenters. The van der Waals surface area contributed by atoms with Crippen LogP contribution in [0, 0.1) is 10.1 Å². The van der Waals surface area contributed by atoms with E-state index < -0.39 is 23.5 Å². The zero-order valence-electron chi connectivity index (χ0n) is 12.4. The number of nitrogens with one attached hydrogen (secondary N) is 1. The van der Waals surface area contributed by atoms with Gasteiger partial charge in [0.25, 0.3) is 5.69 Å². The molecule has 0 amide bonds. The van der Waals surface area contributed by atoms with Crippen LogP contribution in [0.25, 0.3) is 11.3 Å². The van der Waals surface area contributed by atoms with Gasteiger partial charge >= 0.3 is 11.9 Å². The first-order valence-corrected chi connectivity index (χ1v) is 6.65. The molecule has 24 heavy (non-hydrogen) atoms. The number of ether oxygens (including phenoxy) is 2. The van der Waals surface area contributed by atoms with E-state index >= 15 is 0 Å². The second-order valence-corrected chi connectivity index (χ2v) is 4.36. The summed E-state index contributed by atoms with van der Waals surface area (Å²) in [5.74, 6) is -2.01. The van der Waals surface area contributed by atoms with Crippen LogP contribution in [-0.4, -0.2) is 50.6 Å². The third-order valence-corrected chi connectivity index (χ3v) is 2.80. The number of nitro benzene ring substituents is 1. The van der Waals surface area contributed by atoms with E-state index in [4.69, 9.17) is 14.6 Å². The lowest BCUT2D eigenvalue weighted by Crippen LogP contribution is -2.11. The SMILES string of the molecule is CCOC(=O)c1n[nH]nc1-c1cc([N+](=O)[O-])ccc1OCC(=O)O. The van der Waals surface area contributed by atoms with Gasteiger partial charge in [-0.3, -0.25) is 10.1 Å². The van der Waals surface area contributed by atoms with Crippen molar-refractivity contribution in [2.45, 2.75) is 6.92 Å². The van der Waals surface area contributed by atoms with Gasteiger partial charge in [-0.2, -0.15) is 10.3 Å². The smallest absolute Gasteiger partial charge is 0.361 e. The van der Waals surface area contributed by atoms with Crippen molar-refractivity contribution in [3.05, 3.63) is 34.0 Å². The average molecular weight is 336 g/mol. The first kappa shape index (κ1) is 16.9. The number of rotatable bonds is 7. The van der Waals surface area contributed by atoms with Crippen LogP contribution in [0.15, 0.2) is 18.2 Å². The Hall–Kier alpha value is -3.50. The standard InChI is InChI=1S/C13H12N4O7/c1-2-23-13(20)12-11(14-16-15-12)8-5-7(17(21)22)3-4-9(8)24-6-10(18)19/h3-5H,2,6H2,1H3,(H,18,19)(H,14,15,16). The Labute approximate surface area is 134 Å². The van der Waals surface area contributed by atoms with E-state index in [1.165, 1.54) is 6.07 Å². The molecule has 11 nitrogen and oxygen atoms in total. The number of hydrogen-bond donors (Lipinski definition) is 2. The van der Waals surface area contributed by atoms with Gasteiger partial charge < -0.3 is 14.6 Å². The number of esters is 1. The number of carbonyl (C=O) groups excluding carboxylic acids is 1. The number of benzene rings is 1. The Morgan fingerprint density at radius 2 is 2.12 bits per heavy atom. The van der Waals surface area contributed by atoms with Crippen LogP contribution in [0.1, 0.15) is 17.4 Å². The zero-order valence-corrected chi connectivity index (χ0v) is 12.4. The van der Waals surface area contributed by atoms with Gasteiger partial charge in [0.05, 0.1) is 17.1 Å². The fraction of sp³-hybridized carbons (Fsp3) is 0.231. The molecule has 0 aliphatic carbocycles. The van der Waals surface area contributed by atoms with Crippen LogP contribution in [-0.2, 0) is 9.53 Å². The molecule has 0 bridgehead atoms. The van der Waals surface area contributed by atoms with E-state index in [9.17, 15) is 19.7 Å². The maximum Gasteiger partial charge on any atom is 0.361 e. The summed E-state index contributed by atoms with van der Waals surface area (Å²) in [5.41, 5.74) is -0.484. The van der Waals surface area contributed by atoms with Crippen molar-refractivity contribution in [2.24, 2.45) is 0 Å². The monoisotopic (exact) mass is 336 g/mol. The van der Waals surface area contributed by atoms with E-state index in [-0.39, 0.29) is 35.0 Å². The average Bonchev–Trinajstić information content (AvgIpc) is 3.02. The number of nitrogens with zero attached hydrogens (tertiary/aromatic N) is 3. The molecule has 1 heterocycles. The second kappa shape index (κ2) is 7.17. The largest absolute Gasteiger partial charge is 0.481 e. The van der Waals surface area contributed by atoms with Gasteiger partial charge in [0.15, 0.2) is 12.3 Å². The van der Waals surface area contributed by atoms with Crippen molar-refractivity contribution in [1.29, 1.82) is 0 Å². The van der Waals surface area contributed by atoms with E-state index in [0.717, 1.165) is 12.1 Å². The van der Waals surface area contributed by atoms with Crippen molar-refractivity contribution in [2.75, 3.05) is 13.2 Å². The molecule has 0 fully saturated rings. The normalized spacial score (nSPS) is 10.2. The van der Waals surface area contributed by atoms with Crippen molar-refractivity contribution >= 4 is 17.6 Å². The second-order valence-electron chi connectivity index (χ2n) is 4.36. The highest BCUT2D eigenvalue weighted by molar-refractivity contribution is 5.95. The highest BCUT2D eigenvalue weighted by atomic mass is 16.6. The summed E-state index contributed by atoms with van der Waals surface area (Å²) in [6.07, 6.45) is 0. The lowest BCUT2D eigenvalue weighted by atomic mass is 10.1. The predicted octanol–water partition coefficient (Wildman–Crippen LogP) is 1.02. The van der Waals surface area contributed by atoms with Crippen LogP contribution in [0.3, 0.4) is 0 Å². The molecule has 2 aromatic rings. The van der Waals surface area contributed by atoms with Crippen molar-refractivity contribution in [1.82, 2.24) is 15.4 Å². The van der Waals surface area contributed by atoms with E-state index in [0.29, 0.717) is 0 Å². The summed E-state index contributed by atoms with van der Waals surface area (Å²) >= 11 is 0. The summed E-state index contributed by atoms with van der Waals surface area (Å²) < 4.78 is 9.93. The lowest BCUT2D eigenvalue weighted by molar-refractivity contribution is -0.384. The Morgan fingerprint density at radius 3 is 2.75 bits per heavy atom. The van der Waals surface area contributed by atoms with Gasteiger partial charge in [0.2, 0.25) is 0 Å². The number of carboxylic acids is 1. The third kappa shape index (κ3) is 3.63. The van der Waals surface area contributed by atoms with Gasteiger partial charge in [0, 0.05) is 12.1 Å². The highest BCUT2D eigenvalue weighted by Crippen LogP contribution is 2.33. The fourth-order valence-electron chi connectivity index (χ4n) is 1.84. The first-order chi connectivity index (χ1) is 11.4. The summed E-state index contributed by atoms with van der Waals surface area (Å²) in [7, 11) is 0. The van der Waals surface area contributed by atoms with E-state index in [2.05, 4.69) is 15.4 Å². The number of aromatic amines is 1. The zero-order chi connectivity index (χ0) is 17.7. The molecule has 0 radical (unpaired) electrons. The highest BCUT2D eigenvalue weighted by Gasteiger charge is 2.24. The maximum absolute atomic E-state index is 11.9. The van der Waals surface area contributed by atoms with Crippen LogP contribution in [0.2, 0.25) is 0 Å². The van der Waals surface area contributed by atoms with E-state index in [1.54, 1.807) is 6.92 Å². The topological polar surface area (TPSA) is 158 Å². The molecule has 1 aromatic carbocycles. The molecular formula is C13H12N4O7. The van der Waals surface area contributed by atoms with Crippen LogP contribution in [0.5, 0.6) is 5.75 Å². The summed E-state index contributed by atoms with van der Waals surface area (Å²) in [4.78, 5) is 32.9. The number of aromatic nitrogens is 3. The number of carbonyl (C=O) groups is 2. The molecule has 1 aromatic heterocycles. The summed E-state index contributed by atoms with van der Waals surface area (Å²) in [5, 5.41) is 29.4. The predicted molar refractivity (Wildman–Crippen MR) is 77.6 cm³/mol. The Balaban J connectivity index is 2.52. The van der Waals surface area contributed by atoms with Crippen molar-refractivity contribution in [3.8, 4) is 17.0 Å². The van der Waals surface area contributed by atoms with Crippen LogP contribution < -0.4 is 4.74 Å². The third-order valence-electron chi connectivity index (χ3n) is 2.80. The molecule has 0 saturated carbocycles. The minimum Gasteiger partial charge on any atom is -0.481 e. The molecule has 11 heteroatoms. The molecule has 0 aliphatic rings. The summed E-state index contributed by atoms with van der Waals surface area (Å²) in [6, 6.07) is 3.47. The quantitative estimate of drug-likeness (QED) is 0.427. The van der Waals surface area contributed by atoms with Gasteiger partial charge in [-0.05, 0) is 13.0 Å². The molecular weight excluding hydrogens is 324 g/mol. The summed E-state index contributed by atoms with van der Waals surface area (Å²) in [6.45, 7) is 1.03. The van der Waals surface area contributed by atoms with Crippen LogP contribution >= 0.6 is 0 Å². The minimum absolute atomic E-state index is 0.00227. The number of aliphatic carboxylic acids is 1. The molecule has 2 rings (SSSR count). The number of nitro groups is 1. The minimum atomic E-state index is -1.23. The van der Waals surface area contributed by atoms with Crippen molar-refractivity contribution in [3.63, 3.8) is 0 Å². The lowest BCUT2D eigenvalue weighted by Gasteiger charge is -2.09. The Morgan fingerprint density at radius 1 is 1.38 bits per heavy atom. The van der Waals surface area contributed by atoms with Crippen molar-refractivity contribution < 1.29 is 29.1 Å². The van der Waals surface area contributed by atoms with Gasteiger partial charge in [0.1, 0.15) is 11.4 Å². The Kier molecular flexibility index (Phi) is 5.04. The molecule has 0 aliphatic heterocycles. The molecule has 0 atom stereocenters. The maximum atomic E-state index is 11.9. The van der Waals surface area contributed by atoms with Gasteiger partial charge in [-0.15, -0.1) is 5.10 Å². The number of H-pyrrole nitrogens is 1.